The molecule has 0 radical (unpaired) electrons. The molecule has 1 aromatic heterocycles. The van der Waals surface area contributed by atoms with Crippen LogP contribution in [0.15, 0.2) is 27.4 Å². The van der Waals surface area contributed by atoms with Crippen LogP contribution in [0, 0.1) is 18.7 Å². The van der Waals surface area contributed by atoms with Crippen molar-refractivity contribution in [3.8, 4) is 0 Å². The molecule has 1 amide bonds. The van der Waals surface area contributed by atoms with E-state index in [1.54, 1.807) is 0 Å². The number of amides is 1. The Kier molecular flexibility index (Phi) is 4.46. The van der Waals surface area contributed by atoms with Gasteiger partial charge in [0.1, 0.15) is 11.4 Å². The minimum absolute atomic E-state index is 0.0184. The third-order valence-electron chi connectivity index (χ3n) is 4.56. The molecule has 1 aliphatic carbocycles. The SMILES string of the molecule is Cc1c(C(=O)NCC2CCCCC2)oc2ccc(F)cc2c1=O. The van der Waals surface area contributed by atoms with Gasteiger partial charge < -0.3 is 9.73 Å². The Bertz CT molecular complexity index is 791. The number of hydrogen-bond acceptors (Lipinski definition) is 3. The van der Waals surface area contributed by atoms with Crippen LogP contribution in [0.2, 0.25) is 0 Å². The van der Waals surface area contributed by atoms with Crippen molar-refractivity contribution in [2.45, 2.75) is 39.0 Å². The standard InChI is InChI=1S/C18H20FNO3/c1-11-16(21)14-9-13(19)7-8-15(14)23-17(11)18(22)20-10-12-5-3-2-4-6-12/h7-9,12H,2-6,10H2,1H3,(H,20,22). The molecular weight excluding hydrogens is 297 g/mol. The van der Waals surface area contributed by atoms with Crippen molar-refractivity contribution in [3.63, 3.8) is 0 Å². The Hall–Kier alpha value is -2.17. The summed E-state index contributed by atoms with van der Waals surface area (Å²) in [7, 11) is 0. The lowest BCUT2D eigenvalue weighted by Crippen LogP contribution is -2.31. The van der Waals surface area contributed by atoms with Crippen LogP contribution in [-0.2, 0) is 0 Å². The minimum Gasteiger partial charge on any atom is -0.450 e. The van der Waals surface area contributed by atoms with Gasteiger partial charge in [0.2, 0.25) is 0 Å². The van der Waals surface area contributed by atoms with Gasteiger partial charge in [0.05, 0.1) is 5.39 Å². The van der Waals surface area contributed by atoms with Crippen molar-refractivity contribution in [1.82, 2.24) is 5.32 Å². The molecule has 1 aliphatic rings. The molecule has 0 unspecified atom stereocenters. The Balaban J connectivity index is 1.84. The van der Waals surface area contributed by atoms with Gasteiger partial charge in [0.25, 0.3) is 5.91 Å². The van der Waals surface area contributed by atoms with E-state index >= 15 is 0 Å². The molecule has 3 rings (SSSR count). The Morgan fingerprint density at radius 2 is 2.04 bits per heavy atom. The zero-order chi connectivity index (χ0) is 16.4. The Morgan fingerprint density at radius 1 is 1.30 bits per heavy atom. The Morgan fingerprint density at radius 3 is 2.78 bits per heavy atom. The Labute approximate surface area is 133 Å². The topological polar surface area (TPSA) is 59.3 Å². The van der Waals surface area contributed by atoms with E-state index < -0.39 is 5.82 Å². The fourth-order valence-electron chi connectivity index (χ4n) is 3.19. The highest BCUT2D eigenvalue weighted by molar-refractivity contribution is 5.94. The van der Waals surface area contributed by atoms with Crippen LogP contribution in [0.25, 0.3) is 11.0 Å². The second-order valence-corrected chi connectivity index (χ2v) is 6.24. The highest BCUT2D eigenvalue weighted by atomic mass is 19.1. The fraction of sp³-hybridized carbons (Fsp3) is 0.444. The average Bonchev–Trinajstić information content (AvgIpc) is 2.57. The van der Waals surface area contributed by atoms with Gasteiger partial charge in [-0.25, -0.2) is 4.39 Å². The molecule has 1 aromatic carbocycles. The van der Waals surface area contributed by atoms with Crippen molar-refractivity contribution in [3.05, 3.63) is 45.6 Å². The molecule has 2 aromatic rings. The van der Waals surface area contributed by atoms with Crippen molar-refractivity contribution in [2.75, 3.05) is 6.54 Å². The second kappa shape index (κ2) is 6.52. The predicted molar refractivity (Wildman–Crippen MR) is 86.1 cm³/mol. The summed E-state index contributed by atoms with van der Waals surface area (Å²) in [6.07, 6.45) is 5.92. The average molecular weight is 317 g/mol. The maximum atomic E-state index is 13.3. The number of carbonyl (C=O) groups is 1. The molecule has 4 nitrogen and oxygen atoms in total. The molecule has 1 N–H and O–H groups in total. The lowest BCUT2D eigenvalue weighted by molar-refractivity contribution is 0.0915. The van der Waals surface area contributed by atoms with Gasteiger partial charge in [-0.2, -0.15) is 0 Å². The summed E-state index contributed by atoms with van der Waals surface area (Å²) in [5.41, 5.74) is 0.0719. The van der Waals surface area contributed by atoms with E-state index in [0.717, 1.165) is 18.9 Å². The second-order valence-electron chi connectivity index (χ2n) is 6.24. The number of rotatable bonds is 3. The van der Waals surface area contributed by atoms with Crippen molar-refractivity contribution in [1.29, 1.82) is 0 Å². The number of nitrogens with one attached hydrogen (secondary N) is 1. The number of hydrogen-bond donors (Lipinski definition) is 1. The monoisotopic (exact) mass is 317 g/mol. The third-order valence-corrected chi connectivity index (χ3v) is 4.56. The molecule has 5 heteroatoms. The first-order chi connectivity index (χ1) is 11.1. The summed E-state index contributed by atoms with van der Waals surface area (Å²) in [6, 6.07) is 3.73. The molecule has 1 heterocycles. The molecule has 122 valence electrons. The van der Waals surface area contributed by atoms with Crippen LogP contribution < -0.4 is 10.7 Å². The lowest BCUT2D eigenvalue weighted by atomic mass is 9.89. The molecule has 23 heavy (non-hydrogen) atoms. The van der Waals surface area contributed by atoms with Gasteiger partial charge in [0, 0.05) is 12.1 Å². The highest BCUT2D eigenvalue weighted by Crippen LogP contribution is 2.23. The first-order valence-electron chi connectivity index (χ1n) is 8.07. The van der Waals surface area contributed by atoms with Crippen molar-refractivity contribution in [2.24, 2.45) is 5.92 Å². The van der Waals surface area contributed by atoms with Gasteiger partial charge >= 0.3 is 0 Å². The molecule has 0 bridgehead atoms. The van der Waals surface area contributed by atoms with E-state index in [1.165, 1.54) is 38.3 Å². The summed E-state index contributed by atoms with van der Waals surface area (Å²) in [6.45, 7) is 2.13. The summed E-state index contributed by atoms with van der Waals surface area (Å²) in [5.74, 6) is -0.366. The van der Waals surface area contributed by atoms with E-state index in [9.17, 15) is 14.0 Å². The molecule has 0 atom stereocenters. The zero-order valence-corrected chi connectivity index (χ0v) is 13.2. The fourth-order valence-corrected chi connectivity index (χ4v) is 3.19. The van der Waals surface area contributed by atoms with Crippen LogP contribution in [0.4, 0.5) is 4.39 Å². The molecule has 0 saturated heterocycles. The van der Waals surface area contributed by atoms with E-state index in [1.807, 2.05) is 0 Å². The van der Waals surface area contributed by atoms with Crippen LogP contribution in [0.3, 0.4) is 0 Å². The number of halogens is 1. The first kappa shape index (κ1) is 15.7. The number of fused-ring (bicyclic) bond motifs is 1. The van der Waals surface area contributed by atoms with E-state index in [4.69, 9.17) is 4.42 Å². The smallest absolute Gasteiger partial charge is 0.287 e. The molecule has 1 saturated carbocycles. The van der Waals surface area contributed by atoms with E-state index in [0.29, 0.717) is 12.5 Å². The maximum Gasteiger partial charge on any atom is 0.287 e. The maximum absolute atomic E-state index is 13.3. The van der Waals surface area contributed by atoms with Gasteiger partial charge in [-0.15, -0.1) is 0 Å². The lowest BCUT2D eigenvalue weighted by Gasteiger charge is -2.21. The van der Waals surface area contributed by atoms with Crippen molar-refractivity contribution >= 4 is 16.9 Å². The quantitative estimate of drug-likeness (QED) is 0.942. The molecule has 0 spiro atoms. The van der Waals surface area contributed by atoms with E-state index in [2.05, 4.69) is 5.32 Å². The van der Waals surface area contributed by atoms with Gasteiger partial charge in [0.15, 0.2) is 11.2 Å². The van der Waals surface area contributed by atoms with Gasteiger partial charge in [-0.1, -0.05) is 19.3 Å². The minimum atomic E-state index is -0.501. The van der Waals surface area contributed by atoms with Crippen molar-refractivity contribution < 1.29 is 13.6 Å². The number of carbonyl (C=O) groups excluding carboxylic acids is 1. The zero-order valence-electron chi connectivity index (χ0n) is 13.2. The summed E-state index contributed by atoms with van der Waals surface area (Å²) in [5, 5.41) is 3.03. The first-order valence-corrected chi connectivity index (χ1v) is 8.07. The summed E-state index contributed by atoms with van der Waals surface area (Å²) < 4.78 is 18.8. The molecule has 1 fully saturated rings. The van der Waals surface area contributed by atoms with Crippen LogP contribution in [-0.4, -0.2) is 12.5 Å². The largest absolute Gasteiger partial charge is 0.450 e. The third kappa shape index (κ3) is 3.28. The number of benzene rings is 1. The normalized spacial score (nSPS) is 15.7. The van der Waals surface area contributed by atoms with E-state index in [-0.39, 0.29) is 33.6 Å². The van der Waals surface area contributed by atoms with Crippen LogP contribution in [0.1, 0.15) is 48.2 Å². The highest BCUT2D eigenvalue weighted by Gasteiger charge is 2.20. The predicted octanol–water partition coefficient (Wildman–Crippen LogP) is 3.55. The summed E-state index contributed by atoms with van der Waals surface area (Å²) in [4.78, 5) is 24.7. The molecular formula is C18H20FNO3. The van der Waals surface area contributed by atoms with Gasteiger partial charge in [-0.3, -0.25) is 9.59 Å². The molecule has 0 aliphatic heterocycles. The van der Waals surface area contributed by atoms with Gasteiger partial charge in [-0.05, 0) is 43.9 Å². The van der Waals surface area contributed by atoms with Crippen LogP contribution in [0.5, 0.6) is 0 Å². The summed E-state index contributed by atoms with van der Waals surface area (Å²) >= 11 is 0. The van der Waals surface area contributed by atoms with Crippen LogP contribution >= 0.6 is 0 Å².